The molecule has 0 aliphatic carbocycles. The fraction of sp³-hybridized carbons (Fsp3) is 1.00. The van der Waals surface area contributed by atoms with Crippen LogP contribution in [0.3, 0.4) is 0 Å². The number of rotatable bonds is 7. The molecule has 0 rings (SSSR count). The van der Waals surface area contributed by atoms with Crippen LogP contribution in [0.4, 0.5) is 0 Å². The molecule has 0 bridgehead atoms. The second-order valence-corrected chi connectivity index (χ2v) is 5.70. The number of hydrogen-bond acceptors (Lipinski definition) is 3. The van der Waals surface area contributed by atoms with Crippen molar-refractivity contribution in [3.8, 4) is 0 Å². The highest BCUT2D eigenvalue weighted by atomic mass is 32.2. The molecule has 1 unspecified atom stereocenters. The number of hydrogen-bond donors (Lipinski definition) is 2. The molecule has 0 heterocycles. The standard InChI is InChI=1S/C9H21NO3S/c1-8(2)7-9(3)10-5-4-6-14(11,12)13/h8-10H,4-7H2,1-3H3,(H,11,12,13). The van der Waals surface area contributed by atoms with Crippen molar-refractivity contribution in [3.63, 3.8) is 0 Å². The van der Waals surface area contributed by atoms with E-state index in [9.17, 15) is 8.42 Å². The van der Waals surface area contributed by atoms with E-state index in [0.29, 0.717) is 24.9 Å². The van der Waals surface area contributed by atoms with E-state index in [1.54, 1.807) is 0 Å². The average Bonchev–Trinajstić information content (AvgIpc) is 1.95. The molecule has 1 atom stereocenters. The Morgan fingerprint density at radius 1 is 1.29 bits per heavy atom. The summed E-state index contributed by atoms with van der Waals surface area (Å²) in [5, 5.41) is 3.21. The molecular weight excluding hydrogens is 202 g/mol. The molecule has 0 saturated carbocycles. The van der Waals surface area contributed by atoms with E-state index in [0.717, 1.165) is 6.42 Å². The monoisotopic (exact) mass is 223 g/mol. The van der Waals surface area contributed by atoms with E-state index in [2.05, 4.69) is 26.1 Å². The van der Waals surface area contributed by atoms with Gasteiger partial charge in [-0.05, 0) is 32.2 Å². The van der Waals surface area contributed by atoms with Crippen molar-refractivity contribution in [1.29, 1.82) is 0 Å². The van der Waals surface area contributed by atoms with Crippen LogP contribution in [-0.2, 0) is 10.1 Å². The lowest BCUT2D eigenvalue weighted by molar-refractivity contribution is 0.438. The third-order valence-corrected chi connectivity index (χ3v) is 2.70. The van der Waals surface area contributed by atoms with Gasteiger partial charge in [0.25, 0.3) is 10.1 Å². The summed E-state index contributed by atoms with van der Waals surface area (Å²) >= 11 is 0. The highest BCUT2D eigenvalue weighted by Crippen LogP contribution is 2.03. The van der Waals surface area contributed by atoms with E-state index < -0.39 is 10.1 Å². The highest BCUT2D eigenvalue weighted by Gasteiger charge is 2.06. The molecular formula is C9H21NO3S. The molecule has 0 spiro atoms. The minimum atomic E-state index is -3.79. The van der Waals surface area contributed by atoms with Gasteiger partial charge < -0.3 is 5.32 Å². The molecule has 4 nitrogen and oxygen atoms in total. The van der Waals surface area contributed by atoms with Gasteiger partial charge in [-0.1, -0.05) is 13.8 Å². The van der Waals surface area contributed by atoms with Crippen LogP contribution in [0.15, 0.2) is 0 Å². The minimum absolute atomic E-state index is 0.158. The zero-order chi connectivity index (χ0) is 11.2. The van der Waals surface area contributed by atoms with Gasteiger partial charge in [0.1, 0.15) is 0 Å². The quantitative estimate of drug-likeness (QED) is 0.504. The maximum Gasteiger partial charge on any atom is 0.264 e. The molecule has 0 saturated heterocycles. The van der Waals surface area contributed by atoms with Gasteiger partial charge in [-0.25, -0.2) is 0 Å². The Morgan fingerprint density at radius 2 is 1.86 bits per heavy atom. The summed E-state index contributed by atoms with van der Waals surface area (Å²) in [6, 6.07) is 0.399. The lowest BCUT2D eigenvalue weighted by Gasteiger charge is -2.15. The number of nitrogens with one attached hydrogen (secondary N) is 1. The smallest absolute Gasteiger partial charge is 0.264 e. The Morgan fingerprint density at radius 3 is 2.29 bits per heavy atom. The second-order valence-electron chi connectivity index (χ2n) is 4.12. The van der Waals surface area contributed by atoms with Gasteiger partial charge in [0.05, 0.1) is 5.75 Å². The third-order valence-electron chi connectivity index (χ3n) is 1.90. The molecule has 86 valence electrons. The summed E-state index contributed by atoms with van der Waals surface area (Å²) in [5.41, 5.74) is 0. The van der Waals surface area contributed by atoms with E-state index in [4.69, 9.17) is 4.55 Å². The topological polar surface area (TPSA) is 66.4 Å². The van der Waals surface area contributed by atoms with Crippen LogP contribution < -0.4 is 5.32 Å². The van der Waals surface area contributed by atoms with Gasteiger partial charge in [-0.2, -0.15) is 8.42 Å². The van der Waals surface area contributed by atoms with Crippen molar-refractivity contribution in [1.82, 2.24) is 5.32 Å². The van der Waals surface area contributed by atoms with Gasteiger partial charge in [-0.3, -0.25) is 4.55 Å². The summed E-state index contributed by atoms with van der Waals surface area (Å²) < 4.78 is 29.2. The normalized spacial score (nSPS) is 14.6. The first-order chi connectivity index (χ1) is 6.31. The first-order valence-corrected chi connectivity index (χ1v) is 6.60. The van der Waals surface area contributed by atoms with Gasteiger partial charge in [-0.15, -0.1) is 0 Å². The largest absolute Gasteiger partial charge is 0.314 e. The van der Waals surface area contributed by atoms with Gasteiger partial charge in [0.15, 0.2) is 0 Å². The lowest BCUT2D eigenvalue weighted by Crippen LogP contribution is -2.29. The Labute approximate surface area is 86.8 Å². The van der Waals surface area contributed by atoms with Crippen LogP contribution in [0.2, 0.25) is 0 Å². The molecule has 0 fully saturated rings. The van der Waals surface area contributed by atoms with Gasteiger partial charge in [0.2, 0.25) is 0 Å². The third kappa shape index (κ3) is 9.95. The Bertz CT molecular complexity index is 236. The summed E-state index contributed by atoms with van der Waals surface area (Å²) in [7, 11) is -3.79. The Balaban J connectivity index is 3.45. The predicted octanol–water partition coefficient (Wildman–Crippen LogP) is 1.29. The van der Waals surface area contributed by atoms with E-state index in [1.807, 2.05) is 0 Å². The molecule has 14 heavy (non-hydrogen) atoms. The van der Waals surface area contributed by atoms with Crippen LogP contribution >= 0.6 is 0 Å². The molecule has 0 aromatic carbocycles. The van der Waals surface area contributed by atoms with Crippen molar-refractivity contribution in [2.75, 3.05) is 12.3 Å². The Kier molecular flexibility index (Phi) is 6.31. The summed E-state index contributed by atoms with van der Waals surface area (Å²) in [6.45, 7) is 7.01. The molecule has 5 heteroatoms. The molecule has 0 amide bonds. The van der Waals surface area contributed by atoms with Gasteiger partial charge in [0, 0.05) is 6.04 Å². The lowest BCUT2D eigenvalue weighted by atomic mass is 10.1. The second kappa shape index (κ2) is 6.37. The first-order valence-electron chi connectivity index (χ1n) is 5.00. The van der Waals surface area contributed by atoms with Crippen molar-refractivity contribution >= 4 is 10.1 Å². The fourth-order valence-electron chi connectivity index (χ4n) is 1.39. The minimum Gasteiger partial charge on any atom is -0.314 e. The van der Waals surface area contributed by atoms with Crippen molar-refractivity contribution in [2.45, 2.75) is 39.7 Å². The van der Waals surface area contributed by atoms with Crippen LogP contribution in [0.5, 0.6) is 0 Å². The van der Waals surface area contributed by atoms with E-state index in [1.165, 1.54) is 0 Å². The van der Waals surface area contributed by atoms with Crippen LogP contribution in [0.1, 0.15) is 33.6 Å². The highest BCUT2D eigenvalue weighted by molar-refractivity contribution is 7.85. The molecule has 0 radical (unpaired) electrons. The summed E-state index contributed by atoms with van der Waals surface area (Å²) in [4.78, 5) is 0. The first kappa shape index (κ1) is 13.9. The fourth-order valence-corrected chi connectivity index (χ4v) is 1.90. The maximum absolute atomic E-state index is 10.4. The maximum atomic E-state index is 10.4. The molecule has 0 aromatic rings. The summed E-state index contributed by atoms with van der Waals surface area (Å²) in [6.07, 6.45) is 1.53. The van der Waals surface area contributed by atoms with Crippen LogP contribution in [0.25, 0.3) is 0 Å². The van der Waals surface area contributed by atoms with E-state index >= 15 is 0 Å². The zero-order valence-corrected chi connectivity index (χ0v) is 9.97. The van der Waals surface area contributed by atoms with E-state index in [-0.39, 0.29) is 5.75 Å². The predicted molar refractivity (Wildman–Crippen MR) is 58.0 cm³/mol. The zero-order valence-electron chi connectivity index (χ0n) is 9.16. The molecule has 0 aromatic heterocycles. The van der Waals surface area contributed by atoms with Gasteiger partial charge >= 0.3 is 0 Å². The molecule has 2 N–H and O–H groups in total. The average molecular weight is 223 g/mol. The van der Waals surface area contributed by atoms with Crippen molar-refractivity contribution < 1.29 is 13.0 Å². The Hall–Kier alpha value is -0.130. The van der Waals surface area contributed by atoms with Crippen LogP contribution in [0, 0.1) is 5.92 Å². The molecule has 0 aliphatic heterocycles. The van der Waals surface area contributed by atoms with Crippen LogP contribution in [-0.4, -0.2) is 31.3 Å². The SMILES string of the molecule is CC(C)CC(C)NCCCS(=O)(=O)O. The van der Waals surface area contributed by atoms with Crippen molar-refractivity contribution in [2.24, 2.45) is 5.92 Å². The van der Waals surface area contributed by atoms with Crippen molar-refractivity contribution in [3.05, 3.63) is 0 Å². The molecule has 0 aliphatic rings. The summed E-state index contributed by atoms with van der Waals surface area (Å²) in [5.74, 6) is 0.480.